The summed E-state index contributed by atoms with van der Waals surface area (Å²) in [5.41, 5.74) is 5.09. The van der Waals surface area contributed by atoms with Crippen LogP contribution in [-0.2, 0) is 13.1 Å². The minimum absolute atomic E-state index is 0.126. The van der Waals surface area contributed by atoms with Gasteiger partial charge in [-0.05, 0) is 108 Å². The van der Waals surface area contributed by atoms with E-state index in [2.05, 4.69) is 25.6 Å². The van der Waals surface area contributed by atoms with Crippen LogP contribution in [0, 0.1) is 0 Å². The van der Waals surface area contributed by atoms with Crippen molar-refractivity contribution in [3.05, 3.63) is 150 Å². The predicted molar refractivity (Wildman–Crippen MR) is 210 cm³/mol. The molecule has 14 nitrogen and oxygen atoms in total. The zero-order valence-corrected chi connectivity index (χ0v) is 29.8. The molecule has 8 rings (SSSR count). The molecule has 0 aliphatic rings. The Bertz CT molecular complexity index is 2680. The van der Waals surface area contributed by atoms with E-state index in [0.717, 1.165) is 38.7 Å². The number of aromatic hydroxyl groups is 4. The quantitative estimate of drug-likeness (QED) is 0.0776. The van der Waals surface area contributed by atoms with Crippen LogP contribution in [0.25, 0.3) is 32.7 Å². The van der Waals surface area contributed by atoms with Crippen molar-refractivity contribution in [2.24, 2.45) is 0 Å². The first-order valence-corrected chi connectivity index (χ1v) is 17.1. The number of phenolic OH excluding ortho intramolecular Hbond substituents is 4. The second kappa shape index (κ2) is 16.9. The lowest BCUT2D eigenvalue weighted by Crippen LogP contribution is -2.23. The molecule has 3 heterocycles. The first-order chi connectivity index (χ1) is 26.9. The van der Waals surface area contributed by atoms with Crippen molar-refractivity contribution >= 4 is 50.5 Å². The second-order valence-corrected chi connectivity index (χ2v) is 12.6. The molecule has 0 bridgehead atoms. The molecule has 0 aliphatic heterocycles. The molecule has 0 atom stereocenters. The summed E-state index contributed by atoms with van der Waals surface area (Å²) in [5, 5.41) is 53.9. The highest BCUT2D eigenvalue weighted by Crippen LogP contribution is 2.23. The number of amides is 2. The molecule has 0 radical (unpaired) electrons. The first kappa shape index (κ1) is 37.9. The van der Waals surface area contributed by atoms with Crippen LogP contribution in [0.2, 0.25) is 0 Å². The largest absolute Gasteiger partial charge is 0.508 e. The van der Waals surface area contributed by atoms with Gasteiger partial charge >= 0.3 is 5.97 Å². The number of ether oxygens (including phenoxy) is 1. The van der Waals surface area contributed by atoms with Crippen LogP contribution >= 0.6 is 0 Å². The number of aromatic amines is 3. The monoisotopic (exact) mass is 755 g/mol. The van der Waals surface area contributed by atoms with Crippen LogP contribution in [0.5, 0.6) is 28.7 Å². The Labute approximate surface area is 318 Å². The Morgan fingerprint density at radius 3 is 1.38 bits per heavy atom. The average molecular weight is 756 g/mol. The summed E-state index contributed by atoms with van der Waals surface area (Å²) in [7, 11) is 1.61. The number of carboxylic acids is 1. The Hall–Kier alpha value is -7.87. The Kier molecular flexibility index (Phi) is 11.4. The summed E-state index contributed by atoms with van der Waals surface area (Å²) in [4.78, 5) is 43.6. The van der Waals surface area contributed by atoms with Crippen LogP contribution in [0.1, 0.15) is 42.6 Å². The van der Waals surface area contributed by atoms with Crippen molar-refractivity contribution in [1.82, 2.24) is 25.6 Å². The average Bonchev–Trinajstić information content (AvgIpc) is 3.93. The van der Waals surface area contributed by atoms with E-state index in [0.29, 0.717) is 35.4 Å². The maximum absolute atomic E-state index is 12.2. The normalized spacial score (nSPS) is 10.6. The first-order valence-electron chi connectivity index (χ1n) is 17.1. The fraction of sp³-hybridized carbons (Fsp3) is 0.0714. The van der Waals surface area contributed by atoms with Crippen LogP contribution in [0.3, 0.4) is 0 Å². The number of hydrogen-bond donors (Lipinski definition) is 10. The second-order valence-electron chi connectivity index (χ2n) is 12.6. The van der Waals surface area contributed by atoms with Crippen molar-refractivity contribution in [1.29, 1.82) is 0 Å². The number of benzene rings is 5. The van der Waals surface area contributed by atoms with Gasteiger partial charge in [0.15, 0.2) is 0 Å². The smallest absolute Gasteiger partial charge is 0.352 e. The van der Waals surface area contributed by atoms with Gasteiger partial charge in [-0.2, -0.15) is 0 Å². The molecule has 0 unspecified atom stereocenters. The third-order valence-corrected chi connectivity index (χ3v) is 8.48. The maximum atomic E-state index is 12.2. The van der Waals surface area contributed by atoms with Gasteiger partial charge in [0.25, 0.3) is 11.8 Å². The summed E-state index contributed by atoms with van der Waals surface area (Å²) < 4.78 is 5.15. The van der Waals surface area contributed by atoms with Crippen LogP contribution in [0.15, 0.2) is 121 Å². The van der Waals surface area contributed by atoms with Gasteiger partial charge in [0.2, 0.25) is 0 Å². The molecule has 0 saturated carbocycles. The number of H-pyrrole nitrogens is 3. The third kappa shape index (κ3) is 9.56. The number of methoxy groups -OCH3 is 1. The zero-order chi connectivity index (χ0) is 39.8. The van der Waals surface area contributed by atoms with E-state index >= 15 is 0 Å². The lowest BCUT2D eigenvalue weighted by Gasteiger charge is -2.06. The topological polar surface area (TPSA) is 233 Å². The number of aromatic carboxylic acids is 1. The third-order valence-electron chi connectivity index (χ3n) is 8.48. The summed E-state index contributed by atoms with van der Waals surface area (Å²) in [6.07, 6.45) is 0. The van der Waals surface area contributed by atoms with E-state index in [1.54, 1.807) is 79.9 Å². The predicted octanol–water partition coefficient (Wildman–Crippen LogP) is 6.89. The van der Waals surface area contributed by atoms with Gasteiger partial charge in [-0.15, -0.1) is 0 Å². The summed E-state index contributed by atoms with van der Waals surface area (Å²) in [6, 6.07) is 33.6. The number of carbonyl (C=O) groups excluding carboxylic acids is 2. The van der Waals surface area contributed by atoms with Crippen LogP contribution in [0.4, 0.5) is 0 Å². The van der Waals surface area contributed by atoms with Crippen molar-refractivity contribution in [3.63, 3.8) is 0 Å². The standard InChI is InChI=1S/C17H16N2O3.C16H14N2O3.C9H7NO3/c1-22-14-4-2-3-11(7-14)10-18-17(21)16-9-12-8-13(20)5-6-15(12)19-16;19-12-3-1-2-10(6-12)9-17-16(21)15-8-11-7-13(20)4-5-14(11)18-15;11-6-1-2-7-5(3-6)4-8(10-7)9(12)13/h2-9,19-20H,10H2,1H3,(H,18,21);1-8,18-20H,9H2,(H,17,21);1-4,10-11H,(H,12,13). The van der Waals surface area contributed by atoms with E-state index < -0.39 is 5.97 Å². The number of hydrogen-bond acceptors (Lipinski definition) is 8. The molecule has 0 saturated heterocycles. The van der Waals surface area contributed by atoms with Gasteiger partial charge in [0, 0.05) is 45.8 Å². The molecule has 3 aromatic heterocycles. The number of carbonyl (C=O) groups is 3. The SMILES string of the molecule is COc1cccc(CNC(=O)c2cc3cc(O)ccc3[nH]2)c1.O=C(NCc1cccc(O)c1)c1cc2cc(O)ccc2[nH]1.O=C(O)c1cc2cc(O)ccc2[nH]1. The highest BCUT2D eigenvalue weighted by atomic mass is 16.5. The Balaban J connectivity index is 0.000000147. The molecule has 10 N–H and O–H groups in total. The Morgan fingerprint density at radius 1 is 0.518 bits per heavy atom. The van der Waals surface area contributed by atoms with Gasteiger partial charge in [0.05, 0.1) is 7.11 Å². The van der Waals surface area contributed by atoms with Gasteiger partial charge in [-0.3, -0.25) is 9.59 Å². The fourth-order valence-corrected chi connectivity index (χ4v) is 5.72. The van der Waals surface area contributed by atoms with E-state index in [1.165, 1.54) is 18.2 Å². The lowest BCUT2D eigenvalue weighted by molar-refractivity contribution is 0.0691. The molecule has 0 aliphatic carbocycles. The van der Waals surface area contributed by atoms with E-state index in [9.17, 15) is 29.7 Å². The number of nitrogens with one attached hydrogen (secondary N) is 5. The highest BCUT2D eigenvalue weighted by Gasteiger charge is 2.12. The van der Waals surface area contributed by atoms with Crippen molar-refractivity contribution in [2.75, 3.05) is 7.11 Å². The van der Waals surface area contributed by atoms with Crippen LogP contribution < -0.4 is 15.4 Å². The number of carboxylic acid groups (broad SMARTS) is 1. The molecule has 2 amide bonds. The van der Waals surface area contributed by atoms with E-state index in [4.69, 9.17) is 14.9 Å². The van der Waals surface area contributed by atoms with Gasteiger partial charge in [-0.25, -0.2) is 4.79 Å². The molecule has 5 aromatic carbocycles. The highest BCUT2D eigenvalue weighted by molar-refractivity contribution is 5.99. The van der Waals surface area contributed by atoms with E-state index in [-0.39, 0.29) is 40.5 Å². The van der Waals surface area contributed by atoms with Crippen molar-refractivity contribution in [3.8, 4) is 28.7 Å². The molecular formula is C42H37N5O9. The van der Waals surface area contributed by atoms with Gasteiger partial charge < -0.3 is 55.9 Å². The molecule has 56 heavy (non-hydrogen) atoms. The molecular weight excluding hydrogens is 718 g/mol. The minimum Gasteiger partial charge on any atom is -0.508 e. The zero-order valence-electron chi connectivity index (χ0n) is 29.8. The summed E-state index contributed by atoms with van der Waals surface area (Å²) in [5.74, 6) is -0.0506. The maximum Gasteiger partial charge on any atom is 0.352 e. The summed E-state index contributed by atoms with van der Waals surface area (Å²) in [6.45, 7) is 0.741. The van der Waals surface area contributed by atoms with Crippen LogP contribution in [-0.4, -0.2) is 65.4 Å². The number of aromatic nitrogens is 3. The number of phenols is 4. The fourth-order valence-electron chi connectivity index (χ4n) is 5.72. The Morgan fingerprint density at radius 2 is 0.929 bits per heavy atom. The lowest BCUT2D eigenvalue weighted by atomic mass is 10.2. The molecule has 0 fully saturated rings. The molecule has 0 spiro atoms. The molecule has 284 valence electrons. The van der Waals surface area contributed by atoms with E-state index in [1.807, 2.05) is 30.3 Å². The minimum atomic E-state index is -1.00. The van der Waals surface area contributed by atoms with Crippen molar-refractivity contribution < 1.29 is 44.7 Å². The van der Waals surface area contributed by atoms with Gasteiger partial charge in [-0.1, -0.05) is 24.3 Å². The number of rotatable bonds is 8. The van der Waals surface area contributed by atoms with Crippen molar-refractivity contribution in [2.45, 2.75) is 13.1 Å². The summed E-state index contributed by atoms with van der Waals surface area (Å²) >= 11 is 0. The molecule has 14 heteroatoms. The van der Waals surface area contributed by atoms with Gasteiger partial charge in [0.1, 0.15) is 45.8 Å². The molecule has 8 aromatic rings. The number of fused-ring (bicyclic) bond motifs is 3.